The summed E-state index contributed by atoms with van der Waals surface area (Å²) in [6, 6.07) is 7.75. The Morgan fingerprint density at radius 2 is 2.18 bits per heavy atom. The molecule has 1 aromatic carbocycles. The molecule has 0 spiro atoms. The highest BCUT2D eigenvalue weighted by molar-refractivity contribution is 5.75. The van der Waals surface area contributed by atoms with Gasteiger partial charge in [0, 0.05) is 22.7 Å². The van der Waals surface area contributed by atoms with Crippen LogP contribution in [0.25, 0.3) is 0 Å². The fourth-order valence-corrected chi connectivity index (χ4v) is 2.93. The average molecular weight is 302 g/mol. The zero-order valence-electron chi connectivity index (χ0n) is 12.7. The van der Waals surface area contributed by atoms with Gasteiger partial charge in [0.2, 0.25) is 12.0 Å². The van der Waals surface area contributed by atoms with Crippen molar-refractivity contribution in [3.8, 4) is 11.6 Å². The molecular formula is C16H18N2O4. The van der Waals surface area contributed by atoms with E-state index in [1.54, 1.807) is 7.11 Å². The molecule has 0 saturated heterocycles. The third kappa shape index (κ3) is 2.20. The molecule has 2 aromatic rings. The summed E-state index contributed by atoms with van der Waals surface area (Å²) >= 11 is 0. The van der Waals surface area contributed by atoms with E-state index >= 15 is 0 Å². The molecule has 1 N–H and O–H groups in total. The first-order valence-electron chi connectivity index (χ1n) is 7.11. The minimum absolute atomic E-state index is 0.209. The zero-order chi connectivity index (χ0) is 15.9. The molecule has 6 nitrogen and oxygen atoms in total. The maximum absolute atomic E-state index is 11.2. The van der Waals surface area contributed by atoms with Crippen LogP contribution in [0.4, 0.5) is 0 Å². The second kappa shape index (κ2) is 5.36. The Balaban J connectivity index is 1.92. The summed E-state index contributed by atoms with van der Waals surface area (Å²) in [6.45, 7) is 4.34. The summed E-state index contributed by atoms with van der Waals surface area (Å²) in [5, 5.41) is 13.6. The van der Waals surface area contributed by atoms with Crippen molar-refractivity contribution in [1.82, 2.24) is 9.78 Å². The second-order valence-corrected chi connectivity index (χ2v) is 5.44. The number of fused-ring (bicyclic) bond motifs is 1. The number of hydrogen-bond donors (Lipinski definition) is 1. The molecule has 22 heavy (non-hydrogen) atoms. The van der Waals surface area contributed by atoms with Crippen LogP contribution < -0.4 is 9.47 Å². The largest absolute Gasteiger partial charge is 0.496 e. The lowest BCUT2D eigenvalue weighted by Gasteiger charge is -2.13. The van der Waals surface area contributed by atoms with Crippen LogP contribution in [0.2, 0.25) is 0 Å². The van der Waals surface area contributed by atoms with E-state index in [9.17, 15) is 4.79 Å². The summed E-state index contributed by atoms with van der Waals surface area (Å²) in [5.41, 5.74) is 2.82. The average Bonchev–Trinajstić information content (AvgIpc) is 2.98. The molecule has 0 saturated carbocycles. The number of hydrogen-bond acceptors (Lipinski definition) is 4. The van der Waals surface area contributed by atoms with Crippen molar-refractivity contribution in [3.63, 3.8) is 0 Å². The van der Waals surface area contributed by atoms with E-state index in [2.05, 4.69) is 5.10 Å². The molecule has 2 heterocycles. The number of carboxylic acid groups (broad SMARTS) is 1. The molecule has 1 aromatic heterocycles. The summed E-state index contributed by atoms with van der Waals surface area (Å²) in [4.78, 5) is 11.2. The molecule has 2 atom stereocenters. The number of carboxylic acids is 1. The minimum atomic E-state index is -0.957. The molecule has 0 radical (unpaired) electrons. The first kappa shape index (κ1) is 14.4. The second-order valence-electron chi connectivity index (χ2n) is 5.44. The van der Waals surface area contributed by atoms with E-state index in [1.165, 1.54) is 0 Å². The Hall–Kier alpha value is -2.50. The summed E-state index contributed by atoms with van der Waals surface area (Å²) in [5.74, 6) is 0.0577. The van der Waals surface area contributed by atoms with Gasteiger partial charge in [0.25, 0.3) is 0 Å². The topological polar surface area (TPSA) is 73.6 Å². The van der Waals surface area contributed by atoms with Crippen molar-refractivity contribution in [2.75, 3.05) is 7.11 Å². The highest BCUT2D eigenvalue weighted by Gasteiger charge is 2.40. The Morgan fingerprint density at radius 1 is 1.45 bits per heavy atom. The van der Waals surface area contributed by atoms with Crippen LogP contribution in [-0.2, 0) is 11.3 Å². The molecule has 0 fully saturated rings. The summed E-state index contributed by atoms with van der Waals surface area (Å²) in [7, 11) is 1.64. The molecule has 0 aliphatic carbocycles. The number of aliphatic carboxylic acids is 1. The van der Waals surface area contributed by atoms with Crippen LogP contribution in [0.3, 0.4) is 0 Å². The molecule has 2 unspecified atom stereocenters. The number of benzene rings is 1. The number of nitrogens with zero attached hydrogens (tertiary/aromatic N) is 2. The Kier molecular flexibility index (Phi) is 3.52. The number of ether oxygens (including phenoxy) is 2. The third-order valence-corrected chi connectivity index (χ3v) is 4.12. The van der Waals surface area contributed by atoms with E-state index in [1.807, 2.05) is 42.8 Å². The Bertz CT molecular complexity index is 723. The third-order valence-electron chi connectivity index (χ3n) is 4.12. The number of carbonyl (C=O) groups is 1. The maximum Gasteiger partial charge on any atom is 0.345 e. The number of aromatic nitrogens is 2. The van der Waals surface area contributed by atoms with Crippen LogP contribution in [-0.4, -0.2) is 34.1 Å². The van der Waals surface area contributed by atoms with Crippen LogP contribution in [0.5, 0.6) is 11.6 Å². The van der Waals surface area contributed by atoms with E-state index in [4.69, 9.17) is 14.6 Å². The molecule has 0 bridgehead atoms. The standard InChI is InChI=1S/C16H18N2O4/c1-9-13-10(2)18(17-15(13)22-14(9)16(19)20)8-11-6-4-5-7-12(11)21-3/h4-7,9,14H,8H2,1-3H3,(H,19,20). The maximum atomic E-state index is 11.2. The van der Waals surface area contributed by atoms with Crippen molar-refractivity contribution >= 4 is 5.97 Å². The van der Waals surface area contributed by atoms with Crippen LogP contribution in [0.15, 0.2) is 24.3 Å². The van der Waals surface area contributed by atoms with Gasteiger partial charge in [0.15, 0.2) is 0 Å². The van der Waals surface area contributed by atoms with Gasteiger partial charge < -0.3 is 14.6 Å². The van der Waals surface area contributed by atoms with E-state index in [0.29, 0.717) is 12.4 Å². The van der Waals surface area contributed by atoms with Crippen molar-refractivity contribution in [2.45, 2.75) is 32.4 Å². The van der Waals surface area contributed by atoms with Gasteiger partial charge in [0.05, 0.1) is 13.7 Å². The number of methoxy groups -OCH3 is 1. The molecule has 0 amide bonds. The van der Waals surface area contributed by atoms with Crippen molar-refractivity contribution in [3.05, 3.63) is 41.1 Å². The predicted octanol–water partition coefficient (Wildman–Crippen LogP) is 2.20. The van der Waals surface area contributed by atoms with Gasteiger partial charge in [0.1, 0.15) is 5.75 Å². The summed E-state index contributed by atoms with van der Waals surface area (Å²) in [6.07, 6.45) is -0.850. The van der Waals surface area contributed by atoms with Crippen molar-refractivity contribution in [1.29, 1.82) is 0 Å². The lowest BCUT2D eigenvalue weighted by atomic mass is 9.98. The Labute approximate surface area is 128 Å². The van der Waals surface area contributed by atoms with Crippen LogP contribution >= 0.6 is 0 Å². The smallest absolute Gasteiger partial charge is 0.345 e. The molecular weight excluding hydrogens is 284 g/mol. The number of para-hydroxylation sites is 1. The van der Waals surface area contributed by atoms with E-state index in [-0.39, 0.29) is 5.92 Å². The van der Waals surface area contributed by atoms with Crippen LogP contribution in [0.1, 0.15) is 29.7 Å². The highest BCUT2D eigenvalue weighted by atomic mass is 16.5. The van der Waals surface area contributed by atoms with Gasteiger partial charge in [-0.05, 0) is 13.0 Å². The first-order valence-corrected chi connectivity index (χ1v) is 7.11. The monoisotopic (exact) mass is 302 g/mol. The number of rotatable bonds is 4. The van der Waals surface area contributed by atoms with Gasteiger partial charge in [-0.25, -0.2) is 4.79 Å². The van der Waals surface area contributed by atoms with E-state index in [0.717, 1.165) is 22.6 Å². The minimum Gasteiger partial charge on any atom is -0.496 e. The van der Waals surface area contributed by atoms with Crippen molar-refractivity contribution in [2.24, 2.45) is 0 Å². The van der Waals surface area contributed by atoms with Gasteiger partial charge in [-0.15, -0.1) is 5.10 Å². The predicted molar refractivity (Wildman–Crippen MR) is 79.5 cm³/mol. The molecule has 6 heteroatoms. The normalized spacial score (nSPS) is 19.6. The van der Waals surface area contributed by atoms with Gasteiger partial charge in [-0.1, -0.05) is 25.1 Å². The molecule has 1 aliphatic heterocycles. The molecule has 1 aliphatic rings. The summed E-state index contributed by atoms with van der Waals surface area (Å²) < 4.78 is 12.7. The van der Waals surface area contributed by atoms with Gasteiger partial charge in [-0.3, -0.25) is 4.68 Å². The lowest BCUT2D eigenvalue weighted by molar-refractivity contribution is -0.145. The molecule has 3 rings (SSSR count). The lowest BCUT2D eigenvalue weighted by Crippen LogP contribution is -2.28. The first-order chi connectivity index (χ1) is 10.5. The fraction of sp³-hybridized carbons (Fsp3) is 0.375. The SMILES string of the molecule is COc1ccccc1Cn1nc2c(c1C)C(C)C(C(=O)O)O2. The van der Waals surface area contributed by atoms with Crippen molar-refractivity contribution < 1.29 is 19.4 Å². The van der Waals surface area contributed by atoms with Gasteiger partial charge >= 0.3 is 5.97 Å². The Morgan fingerprint density at radius 3 is 2.82 bits per heavy atom. The zero-order valence-corrected chi connectivity index (χ0v) is 12.7. The molecule has 116 valence electrons. The van der Waals surface area contributed by atoms with Crippen LogP contribution in [0, 0.1) is 6.92 Å². The van der Waals surface area contributed by atoms with Gasteiger partial charge in [-0.2, -0.15) is 0 Å². The fourth-order valence-electron chi connectivity index (χ4n) is 2.93. The quantitative estimate of drug-likeness (QED) is 0.937. The highest BCUT2D eigenvalue weighted by Crippen LogP contribution is 2.39. The van der Waals surface area contributed by atoms with E-state index < -0.39 is 12.1 Å².